The van der Waals surface area contributed by atoms with E-state index in [0.717, 1.165) is 18.7 Å². The number of nitrogens with zero attached hydrogens (tertiary/aromatic N) is 4. The first-order valence-corrected chi connectivity index (χ1v) is 12.2. The summed E-state index contributed by atoms with van der Waals surface area (Å²) < 4.78 is 20.3. The van der Waals surface area contributed by atoms with Crippen molar-refractivity contribution in [1.82, 2.24) is 25.5 Å². The highest BCUT2D eigenvalue weighted by Crippen LogP contribution is 2.21. The fraction of sp³-hybridized carbons (Fsp3) is 0.111. The Morgan fingerprint density at radius 3 is 2.58 bits per heavy atom. The van der Waals surface area contributed by atoms with Crippen LogP contribution in [0.1, 0.15) is 11.1 Å². The molecular formula is C27H23ClFN7O4. The number of nitrogens with one attached hydrogen (secondary N) is 3. The lowest BCUT2D eigenvalue weighted by Crippen LogP contribution is -2.44. The normalized spacial score (nSPS) is 11.6. The highest BCUT2D eigenvalue weighted by atomic mass is 35.5. The van der Waals surface area contributed by atoms with E-state index in [1.54, 1.807) is 18.2 Å². The summed E-state index contributed by atoms with van der Waals surface area (Å²) >= 11 is 6.14. The van der Waals surface area contributed by atoms with Crippen molar-refractivity contribution in [2.24, 2.45) is 0 Å². The Hall–Kier alpha value is -5.10. The molecule has 1 heterocycles. The summed E-state index contributed by atoms with van der Waals surface area (Å²) in [5, 5.41) is 19.1. The number of hydrogen-bond acceptors (Lipinski definition) is 7. The second-order valence-electron chi connectivity index (χ2n) is 8.34. The first kappa shape index (κ1) is 27.9. The Balaban J connectivity index is 1.51. The van der Waals surface area contributed by atoms with Gasteiger partial charge in [-0.3, -0.25) is 14.9 Å². The number of rotatable bonds is 9. The van der Waals surface area contributed by atoms with Crippen molar-refractivity contribution in [2.75, 3.05) is 17.7 Å². The molecule has 1 atom stereocenters. The van der Waals surface area contributed by atoms with Crippen LogP contribution in [0, 0.1) is 5.82 Å². The molecule has 0 saturated carbocycles. The largest absolute Gasteiger partial charge is 0.453 e. The van der Waals surface area contributed by atoms with Gasteiger partial charge < -0.3 is 15.4 Å². The molecule has 13 heteroatoms. The van der Waals surface area contributed by atoms with Crippen molar-refractivity contribution in [3.8, 4) is 5.69 Å². The van der Waals surface area contributed by atoms with E-state index in [-0.39, 0.29) is 17.8 Å². The van der Waals surface area contributed by atoms with Gasteiger partial charge in [0, 0.05) is 28.8 Å². The summed E-state index contributed by atoms with van der Waals surface area (Å²) in [4.78, 5) is 37.5. The molecular weight excluding hydrogens is 541 g/mol. The van der Waals surface area contributed by atoms with E-state index in [2.05, 4.69) is 36.2 Å². The Morgan fingerprint density at radius 2 is 1.88 bits per heavy atom. The predicted molar refractivity (Wildman–Crippen MR) is 146 cm³/mol. The zero-order valence-corrected chi connectivity index (χ0v) is 21.8. The Bertz CT molecular complexity index is 1530. The quantitative estimate of drug-likeness (QED) is 0.261. The summed E-state index contributed by atoms with van der Waals surface area (Å²) in [5.41, 5.74) is 1.96. The molecule has 0 aliphatic rings. The molecule has 11 nitrogen and oxygen atoms in total. The molecule has 0 radical (unpaired) electrons. The van der Waals surface area contributed by atoms with Gasteiger partial charge >= 0.3 is 6.09 Å². The van der Waals surface area contributed by atoms with Crippen LogP contribution in [0.5, 0.6) is 0 Å². The average molecular weight is 564 g/mol. The minimum absolute atomic E-state index is 0.119. The minimum Gasteiger partial charge on any atom is -0.453 e. The summed E-state index contributed by atoms with van der Waals surface area (Å²) in [5.74, 6) is -1.91. The fourth-order valence-electron chi connectivity index (χ4n) is 3.67. The smallest absolute Gasteiger partial charge is 0.411 e. The SMILES string of the molecule is COC(=O)Nc1ccc(NC(=O)[C@H](Cc2ccccc2)NC(=O)C=Cc2cc(Cl)ccc2-n2cnnn2)cc1F. The van der Waals surface area contributed by atoms with Crippen LogP contribution in [0.3, 0.4) is 0 Å². The summed E-state index contributed by atoms with van der Waals surface area (Å²) in [6.07, 6.45) is 3.53. The number of aromatic nitrogens is 4. The Labute approximate surface area is 233 Å². The zero-order valence-electron chi connectivity index (χ0n) is 21.0. The third-order valence-corrected chi connectivity index (χ3v) is 5.81. The van der Waals surface area contributed by atoms with Gasteiger partial charge in [-0.15, -0.1) is 5.10 Å². The van der Waals surface area contributed by atoms with E-state index >= 15 is 0 Å². The molecule has 3 amide bonds. The van der Waals surface area contributed by atoms with Gasteiger partial charge in [0.15, 0.2) is 0 Å². The maximum atomic E-state index is 14.5. The van der Waals surface area contributed by atoms with Crippen LogP contribution in [0.15, 0.2) is 79.1 Å². The molecule has 0 saturated heterocycles. The number of hydrogen-bond donors (Lipinski definition) is 3. The van der Waals surface area contributed by atoms with Gasteiger partial charge in [-0.1, -0.05) is 41.9 Å². The average Bonchev–Trinajstić information content (AvgIpc) is 3.48. The Morgan fingerprint density at radius 1 is 1.07 bits per heavy atom. The van der Waals surface area contributed by atoms with Crippen molar-refractivity contribution >= 4 is 47.0 Å². The first-order chi connectivity index (χ1) is 19.3. The van der Waals surface area contributed by atoms with Gasteiger partial charge in [0.05, 0.1) is 18.5 Å². The van der Waals surface area contributed by atoms with Crippen LogP contribution in [-0.4, -0.2) is 51.3 Å². The summed E-state index contributed by atoms with van der Waals surface area (Å²) in [6, 6.07) is 16.8. The van der Waals surface area contributed by atoms with Crippen LogP contribution >= 0.6 is 11.6 Å². The van der Waals surface area contributed by atoms with Crippen LogP contribution in [0.4, 0.5) is 20.6 Å². The molecule has 204 valence electrons. The number of benzene rings is 3. The number of anilines is 2. The number of ether oxygens (including phenoxy) is 1. The Kier molecular flexibility index (Phi) is 9.15. The summed E-state index contributed by atoms with van der Waals surface area (Å²) in [7, 11) is 1.15. The molecule has 0 aliphatic carbocycles. The molecule has 1 aromatic heterocycles. The lowest BCUT2D eigenvalue weighted by atomic mass is 10.0. The third-order valence-electron chi connectivity index (χ3n) is 5.57. The van der Waals surface area contributed by atoms with Gasteiger partial charge in [-0.05, 0) is 58.5 Å². The van der Waals surface area contributed by atoms with E-state index < -0.39 is 29.8 Å². The number of carbonyl (C=O) groups excluding carboxylic acids is 3. The maximum Gasteiger partial charge on any atom is 0.411 e. The maximum absolute atomic E-state index is 14.5. The molecule has 0 aliphatic heterocycles. The molecule has 0 fully saturated rings. The van der Waals surface area contributed by atoms with Crippen LogP contribution < -0.4 is 16.0 Å². The standard InChI is InChI=1S/C27H23ClFN7O4/c1-40-27(39)33-22-10-9-20(15-21(22)29)31-26(38)23(13-17-5-3-2-4-6-17)32-25(37)12-7-18-14-19(28)8-11-24(18)36-16-30-34-35-36/h2-12,14-16,23H,13H2,1H3,(H,31,38)(H,32,37)(H,33,39)/t23-/m0/s1. The zero-order chi connectivity index (χ0) is 28.5. The van der Waals surface area contributed by atoms with Crippen molar-refractivity contribution in [1.29, 1.82) is 0 Å². The predicted octanol–water partition coefficient (Wildman–Crippen LogP) is 4.01. The molecule has 3 N–H and O–H groups in total. The van der Waals surface area contributed by atoms with Crippen molar-refractivity contribution in [3.63, 3.8) is 0 Å². The molecule has 0 bridgehead atoms. The van der Waals surface area contributed by atoms with E-state index in [1.165, 1.54) is 35.3 Å². The first-order valence-electron chi connectivity index (χ1n) is 11.8. The molecule has 0 unspecified atom stereocenters. The minimum atomic E-state index is -1.01. The van der Waals surface area contributed by atoms with E-state index in [4.69, 9.17) is 11.6 Å². The number of halogens is 2. The molecule has 4 aromatic rings. The number of tetrazole rings is 1. The fourth-order valence-corrected chi connectivity index (χ4v) is 3.85. The van der Waals surface area contributed by atoms with Gasteiger partial charge in [-0.25, -0.2) is 9.18 Å². The van der Waals surface area contributed by atoms with Gasteiger partial charge in [0.2, 0.25) is 11.8 Å². The summed E-state index contributed by atoms with van der Waals surface area (Å²) in [6.45, 7) is 0. The highest BCUT2D eigenvalue weighted by Gasteiger charge is 2.21. The topological polar surface area (TPSA) is 140 Å². The molecule has 4 rings (SSSR count). The third kappa shape index (κ3) is 7.48. The molecule has 3 aromatic carbocycles. The second-order valence-corrected chi connectivity index (χ2v) is 8.78. The lowest BCUT2D eigenvalue weighted by Gasteiger charge is -2.18. The van der Waals surface area contributed by atoms with E-state index in [1.807, 2.05) is 30.3 Å². The van der Waals surface area contributed by atoms with Gasteiger partial charge in [0.25, 0.3) is 0 Å². The monoisotopic (exact) mass is 563 g/mol. The molecule has 0 spiro atoms. The molecule has 40 heavy (non-hydrogen) atoms. The number of methoxy groups -OCH3 is 1. The van der Waals surface area contributed by atoms with E-state index in [0.29, 0.717) is 16.3 Å². The highest BCUT2D eigenvalue weighted by molar-refractivity contribution is 6.30. The number of carbonyl (C=O) groups is 3. The van der Waals surface area contributed by atoms with Crippen LogP contribution in [0.25, 0.3) is 11.8 Å². The second kappa shape index (κ2) is 13.1. The van der Waals surface area contributed by atoms with Crippen molar-refractivity contribution in [2.45, 2.75) is 12.5 Å². The van der Waals surface area contributed by atoms with Crippen LogP contribution in [0.2, 0.25) is 5.02 Å². The lowest BCUT2D eigenvalue weighted by molar-refractivity contribution is -0.123. The van der Waals surface area contributed by atoms with Crippen molar-refractivity contribution in [3.05, 3.63) is 101 Å². The van der Waals surface area contributed by atoms with Crippen molar-refractivity contribution < 1.29 is 23.5 Å². The van der Waals surface area contributed by atoms with Gasteiger partial charge in [-0.2, -0.15) is 4.68 Å². The van der Waals surface area contributed by atoms with E-state index in [9.17, 15) is 18.8 Å². The van der Waals surface area contributed by atoms with Crippen LogP contribution in [-0.2, 0) is 20.7 Å². The van der Waals surface area contributed by atoms with Gasteiger partial charge in [0.1, 0.15) is 18.2 Å². The number of amides is 3.